The van der Waals surface area contributed by atoms with Gasteiger partial charge in [-0.3, -0.25) is 0 Å². The average Bonchev–Trinajstić information content (AvgIpc) is 2.99. The molecule has 0 radical (unpaired) electrons. The van der Waals surface area contributed by atoms with Crippen LogP contribution in [0.25, 0.3) is 26.7 Å². The first-order valence-corrected chi connectivity index (χ1v) is 8.64. The number of hydrogen-bond acceptors (Lipinski definition) is 5. The highest BCUT2D eigenvalue weighted by Crippen LogP contribution is 2.42. The van der Waals surface area contributed by atoms with Crippen molar-refractivity contribution in [3.63, 3.8) is 0 Å². The van der Waals surface area contributed by atoms with Gasteiger partial charge in [-0.1, -0.05) is 5.92 Å². The summed E-state index contributed by atoms with van der Waals surface area (Å²) in [5, 5.41) is 17.3. The quantitative estimate of drug-likeness (QED) is 0.490. The van der Waals surface area contributed by atoms with Crippen LogP contribution in [-0.4, -0.2) is 25.7 Å². The lowest BCUT2D eigenvalue weighted by Crippen LogP contribution is -2.05. The van der Waals surface area contributed by atoms with Crippen LogP contribution >= 0.6 is 22.7 Å². The van der Waals surface area contributed by atoms with Gasteiger partial charge < -0.3 is 5.11 Å². The van der Waals surface area contributed by atoms with Crippen molar-refractivity contribution in [3.8, 4) is 33.4 Å². The van der Waals surface area contributed by atoms with Gasteiger partial charge in [-0.05, 0) is 17.5 Å². The average molecular weight is 351 g/mol. The third-order valence-corrected chi connectivity index (χ3v) is 5.35. The second-order valence-corrected chi connectivity index (χ2v) is 6.78. The first-order valence-electron chi connectivity index (χ1n) is 6.88. The number of carboxylic acids is 1. The van der Waals surface area contributed by atoms with Gasteiger partial charge >= 0.3 is 5.97 Å². The molecule has 3 aromatic rings. The van der Waals surface area contributed by atoms with Crippen molar-refractivity contribution in [1.82, 2.24) is 14.6 Å². The molecule has 0 saturated carbocycles. The summed E-state index contributed by atoms with van der Waals surface area (Å²) in [5.41, 5.74) is 3.16. The van der Waals surface area contributed by atoms with E-state index in [0.29, 0.717) is 21.8 Å². The molecule has 1 N–H and O–H groups in total. The molecule has 24 heavy (non-hydrogen) atoms. The zero-order chi connectivity index (χ0) is 16.7. The lowest BCUT2D eigenvalue weighted by molar-refractivity contribution is 0.0696. The van der Waals surface area contributed by atoms with Crippen LogP contribution in [-0.2, 0) is 0 Å². The maximum Gasteiger partial charge on any atom is 0.339 e. The van der Waals surface area contributed by atoms with Gasteiger partial charge in [0.25, 0.3) is 0 Å². The topological polar surface area (TPSA) is 67.5 Å². The Kier molecular flexibility index (Phi) is 3.41. The molecule has 0 atom stereocenters. The van der Waals surface area contributed by atoms with E-state index in [0.717, 1.165) is 0 Å². The van der Waals surface area contributed by atoms with Gasteiger partial charge in [-0.25, -0.2) is 14.3 Å². The Bertz CT molecular complexity index is 1090. The molecule has 3 aromatic heterocycles. The summed E-state index contributed by atoms with van der Waals surface area (Å²) >= 11 is 3.21. The number of fused-ring (bicyclic) bond motifs is 2. The molecule has 5 nitrogen and oxygen atoms in total. The lowest BCUT2D eigenvalue weighted by atomic mass is 10.1. The molecule has 116 valence electrons. The Balaban J connectivity index is 0.000000244. The van der Waals surface area contributed by atoms with Crippen LogP contribution in [0.3, 0.4) is 0 Å². The van der Waals surface area contributed by atoms with Crippen LogP contribution < -0.4 is 0 Å². The minimum absolute atomic E-state index is 0.0788. The van der Waals surface area contributed by atoms with Crippen LogP contribution in [0.2, 0.25) is 0 Å². The minimum atomic E-state index is -1.06. The van der Waals surface area contributed by atoms with Crippen molar-refractivity contribution in [2.24, 2.45) is 0 Å². The Labute approximate surface area is 144 Å². The number of aromatic nitrogens is 3. The van der Waals surface area contributed by atoms with Crippen LogP contribution in [0.1, 0.15) is 15.9 Å². The molecular weight excluding hydrogens is 342 g/mol. The number of carboxylic acid groups (broad SMARTS) is 1. The second kappa shape index (κ2) is 5.60. The summed E-state index contributed by atoms with van der Waals surface area (Å²) in [7, 11) is 0. The van der Waals surface area contributed by atoms with Crippen molar-refractivity contribution < 1.29 is 9.90 Å². The van der Waals surface area contributed by atoms with E-state index in [4.69, 9.17) is 6.42 Å². The number of hydrogen-bond donors (Lipinski definition) is 1. The predicted molar refractivity (Wildman–Crippen MR) is 94.5 cm³/mol. The summed E-state index contributed by atoms with van der Waals surface area (Å²) in [5.74, 6) is 1.48. The van der Waals surface area contributed by atoms with Crippen LogP contribution in [0.4, 0.5) is 0 Å². The van der Waals surface area contributed by atoms with Crippen molar-refractivity contribution in [2.45, 2.75) is 0 Å². The molecule has 0 aromatic carbocycles. The van der Waals surface area contributed by atoms with E-state index in [2.05, 4.69) is 27.4 Å². The molecule has 1 aliphatic carbocycles. The zero-order valence-electron chi connectivity index (χ0n) is 12.1. The minimum Gasteiger partial charge on any atom is -0.478 e. The molecule has 2 aliphatic rings. The second-order valence-electron chi connectivity index (χ2n) is 4.95. The Morgan fingerprint density at radius 1 is 1.33 bits per heavy atom. The first kappa shape index (κ1) is 14.6. The highest BCUT2D eigenvalue weighted by molar-refractivity contribution is 7.18. The monoisotopic (exact) mass is 351 g/mol. The van der Waals surface area contributed by atoms with Crippen LogP contribution in [0, 0.1) is 12.3 Å². The van der Waals surface area contributed by atoms with Gasteiger partial charge in [-0.15, -0.1) is 29.1 Å². The van der Waals surface area contributed by atoms with Gasteiger partial charge in [0, 0.05) is 33.6 Å². The molecule has 0 saturated heterocycles. The summed E-state index contributed by atoms with van der Waals surface area (Å²) in [6, 6.07) is 5.66. The normalized spacial score (nSPS) is 10.8. The van der Waals surface area contributed by atoms with Crippen molar-refractivity contribution in [2.75, 3.05) is 0 Å². The van der Waals surface area contributed by atoms with Gasteiger partial charge in [0.05, 0.1) is 11.1 Å². The Morgan fingerprint density at radius 3 is 2.75 bits per heavy atom. The molecule has 4 heterocycles. The lowest BCUT2D eigenvalue weighted by Gasteiger charge is -2.05. The number of terminal acetylenes is 1. The fourth-order valence-electron chi connectivity index (χ4n) is 2.16. The third-order valence-electron chi connectivity index (χ3n) is 3.45. The molecule has 0 amide bonds. The Hall–Kier alpha value is -2.95. The summed E-state index contributed by atoms with van der Waals surface area (Å²) < 4.78 is 1.43. The van der Waals surface area contributed by atoms with E-state index < -0.39 is 5.97 Å². The maximum absolute atomic E-state index is 11.4. The van der Waals surface area contributed by atoms with Crippen molar-refractivity contribution in [1.29, 1.82) is 0 Å². The number of carbonyl (C=O) groups is 1. The number of rotatable bonds is 2. The van der Waals surface area contributed by atoms with E-state index in [-0.39, 0.29) is 5.56 Å². The molecule has 0 bridgehead atoms. The number of aromatic carboxylic acids is 1. The SMILES string of the molecule is C#Cc1ccsc1-c1nc2ccnn2cc1C(=O)O.c1sc2cc1-2. The van der Waals surface area contributed by atoms with Crippen LogP contribution in [0.15, 0.2) is 41.4 Å². The predicted octanol–water partition coefficient (Wildman–Crippen LogP) is 3.87. The van der Waals surface area contributed by atoms with Gasteiger partial charge in [0.15, 0.2) is 5.65 Å². The summed E-state index contributed by atoms with van der Waals surface area (Å²) in [6.45, 7) is 0. The number of nitrogens with zero attached hydrogens (tertiary/aromatic N) is 3. The molecule has 1 aliphatic heterocycles. The fourth-order valence-corrected chi connectivity index (χ4v) is 3.67. The van der Waals surface area contributed by atoms with Gasteiger partial charge in [-0.2, -0.15) is 5.10 Å². The fraction of sp³-hybridized carbons (Fsp3) is 0. The zero-order valence-corrected chi connectivity index (χ0v) is 13.8. The summed E-state index contributed by atoms with van der Waals surface area (Å²) in [4.78, 5) is 17.9. The molecule has 7 heteroatoms. The van der Waals surface area contributed by atoms with Crippen molar-refractivity contribution >= 4 is 34.3 Å². The highest BCUT2D eigenvalue weighted by atomic mass is 32.1. The van der Waals surface area contributed by atoms with Crippen molar-refractivity contribution in [3.05, 3.63) is 52.5 Å². The Morgan fingerprint density at radius 2 is 2.17 bits per heavy atom. The highest BCUT2D eigenvalue weighted by Gasteiger charge is 2.18. The maximum atomic E-state index is 11.4. The van der Waals surface area contributed by atoms with E-state index in [1.54, 1.807) is 18.3 Å². The summed E-state index contributed by atoms with van der Waals surface area (Å²) in [6.07, 6.45) is 8.42. The van der Waals surface area contributed by atoms with Gasteiger partial charge in [0.1, 0.15) is 11.3 Å². The van der Waals surface area contributed by atoms with E-state index in [1.807, 2.05) is 16.7 Å². The number of thiophene rings is 2. The van der Waals surface area contributed by atoms with E-state index in [9.17, 15) is 9.90 Å². The largest absolute Gasteiger partial charge is 0.478 e. The van der Waals surface area contributed by atoms with Gasteiger partial charge in [0.2, 0.25) is 0 Å². The van der Waals surface area contributed by atoms with E-state index >= 15 is 0 Å². The van der Waals surface area contributed by atoms with E-state index in [1.165, 1.54) is 32.5 Å². The molecular formula is C17H9N3O2S2. The van der Waals surface area contributed by atoms with Crippen LogP contribution in [0.5, 0.6) is 0 Å². The smallest absolute Gasteiger partial charge is 0.339 e. The third kappa shape index (κ3) is 2.48. The standard InChI is InChI=1S/C13H7N3O2S.C4H2S/c1-2-8-4-6-19-12(8)11-9(13(17)18)7-16-10(15-11)3-5-14-16;1-3-2-5-4(1)3/h1,3-7H,(H,17,18);1-2H. The molecule has 0 fully saturated rings. The molecule has 0 unspecified atom stereocenters. The molecule has 0 spiro atoms. The molecule has 5 rings (SSSR count). The first-order chi connectivity index (χ1) is 11.7.